The number of aromatic nitrogens is 2. The average Bonchev–Trinajstić information content (AvgIpc) is 3.76. The lowest BCUT2D eigenvalue weighted by molar-refractivity contribution is 0.669. The van der Waals surface area contributed by atoms with Crippen molar-refractivity contribution in [2.24, 2.45) is 0 Å². The van der Waals surface area contributed by atoms with Crippen LogP contribution in [0.5, 0.6) is 0 Å². The fraction of sp³-hybridized carbons (Fsp3) is 0. The molecular weight excluding hydrogens is 605 g/mol. The van der Waals surface area contributed by atoms with Crippen molar-refractivity contribution in [3.8, 4) is 44.1 Å². The maximum absolute atomic E-state index is 6.56. The molecule has 0 fully saturated rings. The lowest BCUT2D eigenvalue weighted by Gasteiger charge is -2.16. The largest absolute Gasteiger partial charge is 0.456 e. The smallest absolute Gasteiger partial charge is 0.136 e. The van der Waals surface area contributed by atoms with Crippen molar-refractivity contribution in [2.45, 2.75) is 0 Å². The predicted molar refractivity (Wildman–Crippen MR) is 201 cm³/mol. The van der Waals surface area contributed by atoms with Gasteiger partial charge in [0.15, 0.2) is 0 Å². The van der Waals surface area contributed by atoms with E-state index in [4.69, 9.17) is 14.4 Å². The van der Waals surface area contributed by atoms with Crippen LogP contribution < -0.4 is 0 Å². The second-order valence-corrected chi connectivity index (χ2v) is 13.2. The number of hydrogen-bond acceptors (Lipinski definition) is 4. The first-order valence-corrected chi connectivity index (χ1v) is 16.9. The number of fused-ring (bicyclic) bond motifs is 7. The molecule has 0 saturated carbocycles. The Kier molecular flexibility index (Phi) is 6.05. The Bertz CT molecular complexity index is 2800. The number of thiazole rings is 1. The minimum Gasteiger partial charge on any atom is -0.456 e. The highest BCUT2D eigenvalue weighted by Gasteiger charge is 2.21. The third-order valence-electron chi connectivity index (χ3n) is 9.29. The summed E-state index contributed by atoms with van der Waals surface area (Å²) in [5.74, 6) is 0. The molecule has 10 aromatic rings. The molecule has 0 aliphatic heterocycles. The Morgan fingerprint density at radius 1 is 0.417 bits per heavy atom. The van der Waals surface area contributed by atoms with Crippen molar-refractivity contribution in [3.05, 3.63) is 158 Å². The molecule has 0 unspecified atom stereocenters. The van der Waals surface area contributed by atoms with Gasteiger partial charge < -0.3 is 4.42 Å². The molecule has 0 aliphatic rings. The summed E-state index contributed by atoms with van der Waals surface area (Å²) in [6.07, 6.45) is 0. The summed E-state index contributed by atoms with van der Waals surface area (Å²) in [6, 6.07) is 55.5. The molecule has 0 spiro atoms. The fourth-order valence-electron chi connectivity index (χ4n) is 7.08. The first kappa shape index (κ1) is 27.1. The van der Waals surface area contributed by atoms with Crippen LogP contribution in [0.3, 0.4) is 0 Å². The molecule has 0 saturated heterocycles. The topological polar surface area (TPSA) is 38.9 Å². The van der Waals surface area contributed by atoms with Gasteiger partial charge in [-0.05, 0) is 53.1 Å². The van der Waals surface area contributed by atoms with E-state index >= 15 is 0 Å². The van der Waals surface area contributed by atoms with Gasteiger partial charge in [0.1, 0.15) is 16.2 Å². The molecule has 10 rings (SSSR count). The second kappa shape index (κ2) is 10.7. The summed E-state index contributed by atoms with van der Waals surface area (Å²) < 4.78 is 7.77. The van der Waals surface area contributed by atoms with E-state index < -0.39 is 0 Å². The Morgan fingerprint density at radius 3 is 1.96 bits per heavy atom. The zero-order chi connectivity index (χ0) is 31.6. The van der Waals surface area contributed by atoms with Crippen molar-refractivity contribution in [1.82, 2.24) is 9.97 Å². The zero-order valence-electron chi connectivity index (χ0n) is 25.7. The minimum absolute atomic E-state index is 0.862. The summed E-state index contributed by atoms with van der Waals surface area (Å²) in [7, 11) is 0. The number of para-hydroxylation sites is 3. The fourth-order valence-corrected chi connectivity index (χ4v) is 8.04. The lowest BCUT2D eigenvalue weighted by atomic mass is 9.89. The number of pyridine rings is 1. The van der Waals surface area contributed by atoms with Crippen molar-refractivity contribution >= 4 is 65.2 Å². The molecule has 48 heavy (non-hydrogen) atoms. The second-order valence-electron chi connectivity index (χ2n) is 12.1. The SMILES string of the molecule is c1ccc(-c2nc3ccccc3c3c(-c4ccc(-c5cccc(-c6nc7ccccc7s6)c5)cc4)c4c(cc23)oc2ccccc24)cc1. The third-order valence-corrected chi connectivity index (χ3v) is 10.4. The van der Waals surface area contributed by atoms with Gasteiger partial charge in [0.2, 0.25) is 0 Å². The Morgan fingerprint density at radius 2 is 1.10 bits per heavy atom. The Labute approximate surface area is 280 Å². The number of rotatable bonds is 4. The summed E-state index contributed by atoms with van der Waals surface area (Å²) >= 11 is 1.73. The predicted octanol–water partition coefficient (Wildman–Crippen LogP) is 12.6. The van der Waals surface area contributed by atoms with E-state index in [1.807, 2.05) is 18.2 Å². The average molecular weight is 631 g/mol. The van der Waals surface area contributed by atoms with Gasteiger partial charge in [0.25, 0.3) is 0 Å². The van der Waals surface area contributed by atoms with Crippen LogP contribution in [-0.2, 0) is 0 Å². The van der Waals surface area contributed by atoms with Gasteiger partial charge in [-0.25, -0.2) is 9.97 Å². The Balaban J connectivity index is 1.21. The van der Waals surface area contributed by atoms with Gasteiger partial charge in [0, 0.05) is 43.6 Å². The van der Waals surface area contributed by atoms with Crippen molar-refractivity contribution in [2.75, 3.05) is 0 Å². The van der Waals surface area contributed by atoms with Gasteiger partial charge in [-0.15, -0.1) is 11.3 Å². The maximum Gasteiger partial charge on any atom is 0.136 e. The third kappa shape index (κ3) is 4.27. The monoisotopic (exact) mass is 630 g/mol. The number of furan rings is 1. The lowest BCUT2D eigenvalue weighted by Crippen LogP contribution is -1.93. The van der Waals surface area contributed by atoms with Crippen LogP contribution in [0, 0.1) is 0 Å². The normalized spacial score (nSPS) is 11.8. The van der Waals surface area contributed by atoms with Crippen LogP contribution in [0.15, 0.2) is 162 Å². The summed E-state index contributed by atoms with van der Waals surface area (Å²) in [5.41, 5.74) is 11.5. The quantitative estimate of drug-likeness (QED) is 0.182. The first-order chi connectivity index (χ1) is 23.8. The van der Waals surface area contributed by atoms with Gasteiger partial charge in [-0.2, -0.15) is 0 Å². The van der Waals surface area contributed by atoms with Crippen LogP contribution in [0.25, 0.3) is 97.9 Å². The molecule has 3 nitrogen and oxygen atoms in total. The standard InChI is InChI=1S/C44H26N2OS/c1-2-11-29(12-3-1)43-34-26-38-42(33-16-5-8-19-37(33)47-38)40(41(34)32-15-4-6-17-35(32)45-43)28-23-21-27(22-24-28)30-13-10-14-31(25-30)44-46-36-18-7-9-20-39(36)48-44/h1-26H. The molecule has 0 amide bonds. The zero-order valence-corrected chi connectivity index (χ0v) is 26.5. The molecule has 224 valence electrons. The van der Waals surface area contributed by atoms with Crippen molar-refractivity contribution < 1.29 is 4.42 Å². The van der Waals surface area contributed by atoms with Gasteiger partial charge in [0.05, 0.1) is 21.4 Å². The van der Waals surface area contributed by atoms with Gasteiger partial charge in [-0.3, -0.25) is 0 Å². The van der Waals surface area contributed by atoms with Crippen LogP contribution in [-0.4, -0.2) is 9.97 Å². The molecule has 4 heteroatoms. The van der Waals surface area contributed by atoms with Crippen LogP contribution in [0.4, 0.5) is 0 Å². The maximum atomic E-state index is 6.56. The highest BCUT2D eigenvalue weighted by Crippen LogP contribution is 2.46. The molecule has 0 atom stereocenters. The molecule has 0 N–H and O–H groups in total. The molecule has 0 radical (unpaired) electrons. The van der Waals surface area contributed by atoms with E-state index in [-0.39, 0.29) is 0 Å². The van der Waals surface area contributed by atoms with Crippen LogP contribution in [0.1, 0.15) is 0 Å². The molecule has 3 heterocycles. The van der Waals surface area contributed by atoms with E-state index in [2.05, 4.69) is 140 Å². The van der Waals surface area contributed by atoms with E-state index in [0.717, 1.165) is 87.8 Å². The van der Waals surface area contributed by atoms with E-state index in [1.54, 1.807) is 11.3 Å². The molecule has 0 aliphatic carbocycles. The highest BCUT2D eigenvalue weighted by atomic mass is 32.1. The molecule has 0 bridgehead atoms. The van der Waals surface area contributed by atoms with Crippen molar-refractivity contribution in [1.29, 1.82) is 0 Å². The highest BCUT2D eigenvalue weighted by molar-refractivity contribution is 7.21. The van der Waals surface area contributed by atoms with Gasteiger partial charge in [-0.1, -0.05) is 121 Å². The van der Waals surface area contributed by atoms with Crippen LogP contribution in [0.2, 0.25) is 0 Å². The first-order valence-electron chi connectivity index (χ1n) is 16.1. The molecule has 7 aromatic carbocycles. The number of benzene rings is 7. The van der Waals surface area contributed by atoms with E-state index in [0.29, 0.717) is 0 Å². The Hall–Kier alpha value is -6.10. The number of nitrogens with zero attached hydrogens (tertiary/aromatic N) is 2. The molecular formula is C44H26N2OS. The number of hydrogen-bond donors (Lipinski definition) is 0. The van der Waals surface area contributed by atoms with Gasteiger partial charge >= 0.3 is 0 Å². The van der Waals surface area contributed by atoms with E-state index in [1.165, 1.54) is 10.1 Å². The summed E-state index contributed by atoms with van der Waals surface area (Å²) in [4.78, 5) is 10.1. The van der Waals surface area contributed by atoms with Crippen LogP contribution >= 0.6 is 11.3 Å². The van der Waals surface area contributed by atoms with E-state index in [9.17, 15) is 0 Å². The molecule has 3 aromatic heterocycles. The summed E-state index contributed by atoms with van der Waals surface area (Å²) in [6.45, 7) is 0. The van der Waals surface area contributed by atoms with Crippen molar-refractivity contribution in [3.63, 3.8) is 0 Å². The minimum atomic E-state index is 0.862. The summed E-state index contributed by atoms with van der Waals surface area (Å²) in [5, 5.41) is 6.66.